The van der Waals surface area contributed by atoms with Crippen LogP contribution in [0.3, 0.4) is 0 Å². The summed E-state index contributed by atoms with van der Waals surface area (Å²) in [5.41, 5.74) is 2.65. The minimum Gasteiger partial charge on any atom is -0.496 e. The number of rotatable bonds is 6. The van der Waals surface area contributed by atoms with Gasteiger partial charge in [0.05, 0.1) is 7.11 Å². The van der Waals surface area contributed by atoms with Gasteiger partial charge in [0, 0.05) is 6.54 Å². The van der Waals surface area contributed by atoms with Crippen LogP contribution in [0.2, 0.25) is 0 Å². The Bertz CT molecular complexity index is 386. The summed E-state index contributed by atoms with van der Waals surface area (Å²) >= 11 is 0. The maximum atomic E-state index is 5.36. The number of hydrogen-bond acceptors (Lipinski definition) is 3. The predicted molar refractivity (Wildman–Crippen MR) is 79.7 cm³/mol. The van der Waals surface area contributed by atoms with Crippen LogP contribution in [-0.2, 0) is 13.0 Å². The maximum absolute atomic E-state index is 5.36. The number of nitrogens with one attached hydrogen (secondary N) is 2. The van der Waals surface area contributed by atoms with Crippen LogP contribution in [0, 0.1) is 5.92 Å². The summed E-state index contributed by atoms with van der Waals surface area (Å²) in [6.07, 6.45) is 3.62. The van der Waals surface area contributed by atoms with Crippen molar-refractivity contribution in [1.82, 2.24) is 10.6 Å². The Morgan fingerprint density at radius 3 is 2.79 bits per heavy atom. The lowest BCUT2D eigenvalue weighted by atomic mass is 9.98. The summed E-state index contributed by atoms with van der Waals surface area (Å²) in [6.45, 7) is 6.61. The zero-order valence-corrected chi connectivity index (χ0v) is 12.2. The Morgan fingerprint density at radius 1 is 1.32 bits per heavy atom. The molecule has 19 heavy (non-hydrogen) atoms. The average Bonchev–Trinajstić information content (AvgIpc) is 2.48. The number of methoxy groups -OCH3 is 1. The van der Waals surface area contributed by atoms with E-state index in [2.05, 4.69) is 35.8 Å². The first kappa shape index (κ1) is 14.4. The van der Waals surface area contributed by atoms with Crippen molar-refractivity contribution in [1.29, 1.82) is 0 Å². The van der Waals surface area contributed by atoms with E-state index in [4.69, 9.17) is 4.74 Å². The summed E-state index contributed by atoms with van der Waals surface area (Å²) in [6, 6.07) is 6.50. The van der Waals surface area contributed by atoms with Crippen molar-refractivity contribution in [3.05, 3.63) is 29.3 Å². The van der Waals surface area contributed by atoms with Gasteiger partial charge in [-0.25, -0.2) is 0 Å². The average molecular weight is 262 g/mol. The number of ether oxygens (including phenoxy) is 1. The smallest absolute Gasteiger partial charge is 0.122 e. The van der Waals surface area contributed by atoms with Gasteiger partial charge in [-0.15, -0.1) is 0 Å². The molecule has 0 atom stereocenters. The third-order valence-corrected chi connectivity index (χ3v) is 3.95. The van der Waals surface area contributed by atoms with E-state index in [9.17, 15) is 0 Å². The topological polar surface area (TPSA) is 33.3 Å². The molecule has 0 radical (unpaired) electrons. The predicted octanol–water partition coefficient (Wildman–Crippen LogP) is 2.35. The van der Waals surface area contributed by atoms with E-state index < -0.39 is 0 Å². The fourth-order valence-electron chi connectivity index (χ4n) is 2.72. The van der Waals surface area contributed by atoms with Crippen LogP contribution in [0.1, 0.15) is 30.9 Å². The van der Waals surface area contributed by atoms with Gasteiger partial charge in [0.25, 0.3) is 0 Å². The van der Waals surface area contributed by atoms with Crippen LogP contribution < -0.4 is 15.4 Å². The van der Waals surface area contributed by atoms with Crippen LogP contribution in [0.5, 0.6) is 5.75 Å². The van der Waals surface area contributed by atoms with Crippen LogP contribution in [0.4, 0.5) is 0 Å². The molecule has 0 bridgehead atoms. The molecule has 1 aromatic carbocycles. The molecule has 3 heteroatoms. The maximum Gasteiger partial charge on any atom is 0.122 e. The van der Waals surface area contributed by atoms with Gasteiger partial charge >= 0.3 is 0 Å². The van der Waals surface area contributed by atoms with E-state index in [-0.39, 0.29) is 0 Å². The monoisotopic (exact) mass is 262 g/mol. The largest absolute Gasteiger partial charge is 0.496 e. The Hall–Kier alpha value is -1.06. The molecule has 0 spiro atoms. The van der Waals surface area contributed by atoms with Crippen LogP contribution in [0.15, 0.2) is 18.2 Å². The van der Waals surface area contributed by atoms with Gasteiger partial charge in [-0.1, -0.05) is 19.1 Å². The second-order valence-corrected chi connectivity index (χ2v) is 5.32. The molecule has 0 saturated carbocycles. The summed E-state index contributed by atoms with van der Waals surface area (Å²) in [5.74, 6) is 1.84. The van der Waals surface area contributed by atoms with Gasteiger partial charge in [-0.2, -0.15) is 0 Å². The van der Waals surface area contributed by atoms with E-state index in [0.29, 0.717) is 0 Å². The first-order chi connectivity index (χ1) is 9.33. The fourth-order valence-corrected chi connectivity index (χ4v) is 2.72. The minimum atomic E-state index is 0.838. The molecule has 2 N–H and O–H groups in total. The molecule has 1 fully saturated rings. The highest BCUT2D eigenvalue weighted by Gasteiger charge is 2.12. The van der Waals surface area contributed by atoms with Crippen molar-refractivity contribution in [2.45, 2.75) is 32.7 Å². The Kier molecular flexibility index (Phi) is 5.67. The summed E-state index contributed by atoms with van der Waals surface area (Å²) < 4.78 is 5.36. The van der Waals surface area contributed by atoms with E-state index in [1.165, 1.54) is 37.1 Å². The molecule has 0 unspecified atom stereocenters. The molecule has 2 rings (SSSR count). The third-order valence-electron chi connectivity index (χ3n) is 3.95. The fraction of sp³-hybridized carbons (Fsp3) is 0.625. The standard InChI is InChI=1S/C16H26N2O/c1-3-15-10-14(4-5-16(15)19-2)12-18-11-13-6-8-17-9-7-13/h4-5,10,13,17-18H,3,6-9,11-12H2,1-2H3. The highest BCUT2D eigenvalue weighted by molar-refractivity contribution is 5.37. The van der Waals surface area contributed by atoms with Crippen molar-refractivity contribution in [2.24, 2.45) is 5.92 Å². The molecule has 1 heterocycles. The van der Waals surface area contributed by atoms with Crippen molar-refractivity contribution < 1.29 is 4.74 Å². The summed E-state index contributed by atoms with van der Waals surface area (Å²) in [4.78, 5) is 0. The molecule has 1 aliphatic rings. The van der Waals surface area contributed by atoms with Crippen LogP contribution >= 0.6 is 0 Å². The van der Waals surface area contributed by atoms with Crippen LogP contribution in [-0.4, -0.2) is 26.7 Å². The molecule has 1 saturated heterocycles. The van der Waals surface area contributed by atoms with E-state index in [1.54, 1.807) is 7.11 Å². The molecule has 0 amide bonds. The summed E-state index contributed by atoms with van der Waals surface area (Å²) in [5, 5.41) is 7.00. The summed E-state index contributed by atoms with van der Waals surface area (Å²) in [7, 11) is 1.74. The molecule has 3 nitrogen and oxygen atoms in total. The van der Waals surface area contributed by atoms with Gasteiger partial charge in [0.1, 0.15) is 5.75 Å². The molecule has 1 aromatic rings. The zero-order valence-electron chi connectivity index (χ0n) is 12.2. The molecule has 1 aliphatic heterocycles. The number of piperidine rings is 1. The molecular weight excluding hydrogens is 236 g/mol. The van der Waals surface area contributed by atoms with Crippen molar-refractivity contribution in [3.8, 4) is 5.75 Å². The lowest BCUT2D eigenvalue weighted by molar-refractivity contribution is 0.356. The number of benzene rings is 1. The second kappa shape index (κ2) is 7.51. The first-order valence-corrected chi connectivity index (χ1v) is 7.40. The Morgan fingerprint density at radius 2 is 2.11 bits per heavy atom. The van der Waals surface area contributed by atoms with Crippen molar-refractivity contribution >= 4 is 0 Å². The molecule has 0 aliphatic carbocycles. The van der Waals surface area contributed by atoms with Crippen molar-refractivity contribution in [2.75, 3.05) is 26.7 Å². The lowest BCUT2D eigenvalue weighted by Crippen LogP contribution is -2.33. The third kappa shape index (κ3) is 4.22. The SMILES string of the molecule is CCc1cc(CNCC2CCNCC2)ccc1OC. The molecule has 106 valence electrons. The van der Waals surface area contributed by atoms with E-state index in [0.717, 1.165) is 31.2 Å². The Labute approximate surface area is 116 Å². The van der Waals surface area contributed by atoms with E-state index >= 15 is 0 Å². The minimum absolute atomic E-state index is 0.838. The Balaban J connectivity index is 1.81. The van der Waals surface area contributed by atoms with Gasteiger partial charge in [0.2, 0.25) is 0 Å². The number of aryl methyl sites for hydroxylation is 1. The van der Waals surface area contributed by atoms with Gasteiger partial charge < -0.3 is 15.4 Å². The quantitative estimate of drug-likeness (QED) is 0.825. The highest BCUT2D eigenvalue weighted by atomic mass is 16.5. The van der Waals surface area contributed by atoms with Gasteiger partial charge in [-0.05, 0) is 62.0 Å². The van der Waals surface area contributed by atoms with E-state index in [1.807, 2.05) is 0 Å². The first-order valence-electron chi connectivity index (χ1n) is 7.40. The normalized spacial score (nSPS) is 16.5. The zero-order chi connectivity index (χ0) is 13.5. The van der Waals surface area contributed by atoms with Gasteiger partial charge in [-0.3, -0.25) is 0 Å². The lowest BCUT2D eigenvalue weighted by Gasteiger charge is -2.22. The van der Waals surface area contributed by atoms with Crippen LogP contribution in [0.25, 0.3) is 0 Å². The van der Waals surface area contributed by atoms with Crippen molar-refractivity contribution in [3.63, 3.8) is 0 Å². The second-order valence-electron chi connectivity index (χ2n) is 5.32. The molecule has 0 aromatic heterocycles. The highest BCUT2D eigenvalue weighted by Crippen LogP contribution is 2.20. The van der Waals surface area contributed by atoms with Gasteiger partial charge in [0.15, 0.2) is 0 Å². The number of hydrogen-bond donors (Lipinski definition) is 2. The molecular formula is C16H26N2O.